The number of alkyl carbamates (subject to hydrolysis) is 1. The van der Waals surface area contributed by atoms with E-state index in [9.17, 15) is 22.8 Å². The molecule has 0 radical (unpaired) electrons. The van der Waals surface area contributed by atoms with E-state index < -0.39 is 17.7 Å². The van der Waals surface area contributed by atoms with Gasteiger partial charge >= 0.3 is 18.2 Å². The maximum atomic E-state index is 13.5. The van der Waals surface area contributed by atoms with Gasteiger partial charge in [0.2, 0.25) is 0 Å². The van der Waals surface area contributed by atoms with Gasteiger partial charge in [0.15, 0.2) is 0 Å². The molecular formula is C23H35BrF3N3O4. The van der Waals surface area contributed by atoms with Gasteiger partial charge in [0.1, 0.15) is 5.60 Å². The van der Waals surface area contributed by atoms with Gasteiger partial charge in [0.05, 0.1) is 23.4 Å². The summed E-state index contributed by atoms with van der Waals surface area (Å²) in [6, 6.07) is 0.803. The molecule has 11 heteroatoms. The smallest absolute Gasteiger partial charge is 0.416 e. The molecule has 194 valence electrons. The van der Waals surface area contributed by atoms with Crippen LogP contribution in [0.1, 0.15) is 75.4 Å². The molecule has 1 aromatic rings. The second-order valence-electron chi connectivity index (χ2n) is 8.77. The lowest BCUT2D eigenvalue weighted by atomic mass is 10.00. The number of piperidine rings is 1. The Bertz CT molecular complexity index is 836. The van der Waals surface area contributed by atoms with Crippen LogP contribution in [-0.2, 0) is 22.2 Å². The molecule has 0 aromatic heterocycles. The minimum Gasteiger partial charge on any atom is -0.462 e. The van der Waals surface area contributed by atoms with E-state index in [1.54, 1.807) is 6.92 Å². The monoisotopic (exact) mass is 553 g/mol. The van der Waals surface area contributed by atoms with E-state index in [-0.39, 0.29) is 46.1 Å². The van der Waals surface area contributed by atoms with E-state index in [4.69, 9.17) is 15.2 Å². The van der Waals surface area contributed by atoms with E-state index in [0.29, 0.717) is 6.54 Å². The average Bonchev–Trinajstić information content (AvgIpc) is 2.71. The highest BCUT2D eigenvalue weighted by Gasteiger charge is 2.37. The number of amides is 1. The highest BCUT2D eigenvalue weighted by atomic mass is 79.9. The number of esters is 1. The second-order valence-corrected chi connectivity index (χ2v) is 9.56. The van der Waals surface area contributed by atoms with Gasteiger partial charge in [-0.25, -0.2) is 9.59 Å². The van der Waals surface area contributed by atoms with Crippen LogP contribution in [-0.4, -0.2) is 48.8 Å². The van der Waals surface area contributed by atoms with Gasteiger partial charge in [0.25, 0.3) is 0 Å². The van der Waals surface area contributed by atoms with Crippen LogP contribution in [0.5, 0.6) is 0 Å². The normalized spacial score (nSPS) is 14.6. The van der Waals surface area contributed by atoms with E-state index >= 15 is 0 Å². The summed E-state index contributed by atoms with van der Waals surface area (Å²) < 4.78 is 50.4. The maximum Gasteiger partial charge on any atom is 0.416 e. The fraction of sp³-hybridized carbons (Fsp3) is 0.652. The van der Waals surface area contributed by atoms with Gasteiger partial charge in [-0.05, 0) is 88.1 Å². The van der Waals surface area contributed by atoms with Crippen molar-refractivity contribution in [3.63, 3.8) is 0 Å². The van der Waals surface area contributed by atoms with Gasteiger partial charge < -0.3 is 20.5 Å². The molecule has 1 fully saturated rings. The lowest BCUT2D eigenvalue weighted by molar-refractivity contribution is -0.138. The maximum absolute atomic E-state index is 13.5. The van der Waals surface area contributed by atoms with Gasteiger partial charge in [0, 0.05) is 17.6 Å². The van der Waals surface area contributed by atoms with Crippen LogP contribution >= 0.6 is 15.9 Å². The molecule has 1 aliphatic rings. The van der Waals surface area contributed by atoms with Crippen LogP contribution in [0.3, 0.4) is 0 Å². The summed E-state index contributed by atoms with van der Waals surface area (Å²) in [6.07, 6.45) is -1.91. The molecule has 1 aliphatic heterocycles. The molecule has 1 amide bonds. The van der Waals surface area contributed by atoms with Crippen LogP contribution in [0.4, 0.5) is 23.7 Å². The number of anilines is 1. The van der Waals surface area contributed by atoms with Crippen molar-refractivity contribution in [3.05, 3.63) is 27.2 Å². The predicted molar refractivity (Wildman–Crippen MR) is 129 cm³/mol. The predicted octanol–water partition coefficient (Wildman–Crippen LogP) is 5.74. The molecule has 7 nitrogen and oxygen atoms in total. The van der Waals surface area contributed by atoms with Crippen molar-refractivity contribution in [1.82, 2.24) is 10.2 Å². The molecular weight excluding hydrogens is 519 g/mol. The number of likely N-dealkylation sites (tertiary alicyclic amines) is 1. The first-order chi connectivity index (χ1) is 15.7. The number of carbonyl (C=O) groups excluding carboxylic acids is 2. The summed E-state index contributed by atoms with van der Waals surface area (Å²) in [5.74, 6) is -0.856. The minimum atomic E-state index is -4.58. The summed E-state index contributed by atoms with van der Waals surface area (Å²) in [5, 5.41) is 2.54. The third-order valence-corrected chi connectivity index (χ3v) is 5.66. The molecule has 1 saturated heterocycles. The van der Waals surface area contributed by atoms with Gasteiger partial charge in [-0.3, -0.25) is 4.90 Å². The molecule has 0 saturated carbocycles. The van der Waals surface area contributed by atoms with Crippen LogP contribution in [0.2, 0.25) is 0 Å². The van der Waals surface area contributed by atoms with Gasteiger partial charge in [-0.1, -0.05) is 6.42 Å². The van der Waals surface area contributed by atoms with E-state index in [1.807, 2.05) is 32.6 Å². The van der Waals surface area contributed by atoms with E-state index in [1.165, 1.54) is 0 Å². The number of hydrogen-bond acceptors (Lipinski definition) is 6. The number of carbonyl (C=O) groups is 2. The number of ether oxygens (including phenoxy) is 2. The van der Waals surface area contributed by atoms with Crippen molar-refractivity contribution in [2.75, 3.05) is 32.0 Å². The van der Waals surface area contributed by atoms with Crippen LogP contribution < -0.4 is 11.1 Å². The van der Waals surface area contributed by atoms with Gasteiger partial charge in [-0.2, -0.15) is 13.2 Å². The molecule has 0 aliphatic carbocycles. The van der Waals surface area contributed by atoms with Crippen LogP contribution in [0, 0.1) is 0 Å². The molecule has 0 unspecified atom stereocenters. The average molecular weight is 554 g/mol. The van der Waals surface area contributed by atoms with Crippen molar-refractivity contribution in [2.24, 2.45) is 0 Å². The highest BCUT2D eigenvalue weighted by Crippen LogP contribution is 2.40. The Hall–Kier alpha value is -2.01. The molecule has 2 rings (SSSR count). The van der Waals surface area contributed by atoms with Crippen LogP contribution in [0.15, 0.2) is 10.5 Å². The van der Waals surface area contributed by atoms with E-state index in [0.717, 1.165) is 38.4 Å². The topological polar surface area (TPSA) is 93.9 Å². The van der Waals surface area contributed by atoms with Crippen LogP contribution in [0.25, 0.3) is 0 Å². The molecule has 0 atom stereocenters. The molecule has 34 heavy (non-hydrogen) atoms. The lowest BCUT2D eigenvalue weighted by Gasteiger charge is -2.28. The number of nitrogens with two attached hydrogens (primary N) is 1. The Morgan fingerprint density at radius 1 is 1.15 bits per heavy atom. The zero-order valence-corrected chi connectivity index (χ0v) is 22.0. The Morgan fingerprint density at radius 3 is 2.21 bits per heavy atom. The number of hydrogen-bond donors (Lipinski definition) is 2. The Labute approximate surface area is 207 Å². The SMILES string of the molecule is CCNC(=O)OC(C)(C)C.CCOC(=O)c1cc(C(F)(F)F)c(CN2CCCCC2)c(Br)c1N. The Balaban J connectivity index is 0.000000489. The van der Waals surface area contributed by atoms with Crippen molar-refractivity contribution in [3.8, 4) is 0 Å². The first-order valence-electron chi connectivity index (χ1n) is 11.3. The molecule has 0 bridgehead atoms. The molecule has 0 spiro atoms. The third-order valence-electron chi connectivity index (χ3n) is 4.76. The first-order valence-corrected chi connectivity index (χ1v) is 12.0. The van der Waals surface area contributed by atoms with E-state index in [2.05, 4.69) is 21.2 Å². The van der Waals surface area contributed by atoms with Crippen molar-refractivity contribution < 1.29 is 32.2 Å². The molecule has 1 aromatic carbocycles. The standard InChI is InChI=1S/C16H20BrF3N2O2.C7H15NO2/c1-2-24-15(23)10-8-12(16(18,19)20)11(13(17)14(10)21)9-22-6-4-3-5-7-22;1-5-8-6(9)10-7(2,3)4/h8H,2-7,9,21H2,1H3;5H2,1-4H3,(H,8,9). The fourth-order valence-electron chi connectivity index (χ4n) is 3.29. The summed E-state index contributed by atoms with van der Waals surface area (Å²) in [6.45, 7) is 11.3. The highest BCUT2D eigenvalue weighted by molar-refractivity contribution is 9.10. The second kappa shape index (κ2) is 13.2. The first kappa shape index (κ1) is 30.0. The van der Waals surface area contributed by atoms with Crippen molar-refractivity contribution >= 4 is 33.7 Å². The van der Waals surface area contributed by atoms with Crippen molar-refractivity contribution in [2.45, 2.75) is 72.2 Å². The summed E-state index contributed by atoms with van der Waals surface area (Å²) in [5.41, 5.74) is 4.44. The minimum absolute atomic E-state index is 0.0199. The molecule has 3 N–H and O–H groups in total. The summed E-state index contributed by atoms with van der Waals surface area (Å²) >= 11 is 3.16. The Morgan fingerprint density at radius 2 is 1.74 bits per heavy atom. The number of rotatable bonds is 5. The lowest BCUT2D eigenvalue weighted by Crippen LogP contribution is -2.32. The quantitative estimate of drug-likeness (QED) is 0.356. The number of benzene rings is 1. The number of nitrogens with zero attached hydrogens (tertiary/aromatic N) is 1. The molecule has 1 heterocycles. The third kappa shape index (κ3) is 9.69. The fourth-order valence-corrected chi connectivity index (χ4v) is 3.85. The largest absolute Gasteiger partial charge is 0.462 e. The number of alkyl halides is 3. The summed E-state index contributed by atoms with van der Waals surface area (Å²) in [4.78, 5) is 24.6. The van der Waals surface area contributed by atoms with Gasteiger partial charge in [-0.15, -0.1) is 0 Å². The number of nitrogen functional groups attached to an aromatic ring is 1. The zero-order chi connectivity index (χ0) is 26.1. The zero-order valence-electron chi connectivity index (χ0n) is 20.4. The number of halogens is 4. The number of nitrogens with one attached hydrogen (secondary N) is 1. The van der Waals surface area contributed by atoms with Crippen molar-refractivity contribution in [1.29, 1.82) is 0 Å². The Kier molecular flexibility index (Phi) is 11.6. The summed E-state index contributed by atoms with van der Waals surface area (Å²) in [7, 11) is 0.